The molecule has 2 heterocycles. The molecule has 20 heavy (non-hydrogen) atoms. The fraction of sp³-hybridized carbons (Fsp3) is 0.714. The first kappa shape index (κ1) is 17.0. The Kier molecular flexibility index (Phi) is 5.59. The van der Waals surface area contributed by atoms with Gasteiger partial charge in [0, 0.05) is 38.8 Å². The van der Waals surface area contributed by atoms with Crippen LogP contribution in [0, 0.1) is 11.3 Å². The highest BCUT2D eigenvalue weighted by atomic mass is 35.5. The van der Waals surface area contributed by atoms with Crippen molar-refractivity contribution in [1.82, 2.24) is 20.4 Å². The van der Waals surface area contributed by atoms with Gasteiger partial charge in [-0.2, -0.15) is 5.10 Å². The van der Waals surface area contributed by atoms with Crippen LogP contribution in [0.2, 0.25) is 0 Å². The van der Waals surface area contributed by atoms with Crippen LogP contribution in [0.3, 0.4) is 0 Å². The summed E-state index contributed by atoms with van der Waals surface area (Å²) in [6.45, 7) is 8.67. The molecule has 1 amide bonds. The monoisotopic (exact) mass is 300 g/mol. The van der Waals surface area contributed by atoms with Gasteiger partial charge in [0.25, 0.3) is 0 Å². The Morgan fingerprint density at radius 3 is 2.75 bits per heavy atom. The van der Waals surface area contributed by atoms with Gasteiger partial charge in [-0.15, -0.1) is 12.4 Å². The zero-order valence-electron chi connectivity index (χ0n) is 12.6. The summed E-state index contributed by atoms with van der Waals surface area (Å²) in [7, 11) is 1.90. The minimum Gasteiger partial charge on any atom is -0.355 e. The van der Waals surface area contributed by atoms with Crippen LogP contribution >= 0.6 is 12.4 Å². The van der Waals surface area contributed by atoms with Crippen LogP contribution in [-0.2, 0) is 11.8 Å². The highest BCUT2D eigenvalue weighted by Crippen LogP contribution is 2.28. The quantitative estimate of drug-likeness (QED) is 0.885. The van der Waals surface area contributed by atoms with Gasteiger partial charge in [-0.1, -0.05) is 20.8 Å². The van der Waals surface area contributed by atoms with E-state index in [0.717, 1.165) is 18.7 Å². The van der Waals surface area contributed by atoms with Gasteiger partial charge in [-0.3, -0.25) is 9.48 Å². The van der Waals surface area contributed by atoms with E-state index in [1.807, 2.05) is 19.4 Å². The molecule has 5 nitrogen and oxygen atoms in total. The van der Waals surface area contributed by atoms with Gasteiger partial charge in [0.1, 0.15) is 0 Å². The van der Waals surface area contributed by atoms with Gasteiger partial charge in [0.05, 0.1) is 12.1 Å². The number of amides is 1. The van der Waals surface area contributed by atoms with Crippen molar-refractivity contribution in [2.24, 2.45) is 18.4 Å². The van der Waals surface area contributed by atoms with Gasteiger partial charge in [-0.25, -0.2) is 0 Å². The molecule has 1 saturated heterocycles. The van der Waals surface area contributed by atoms with E-state index in [-0.39, 0.29) is 35.6 Å². The van der Waals surface area contributed by atoms with E-state index in [4.69, 9.17) is 0 Å². The number of nitrogens with zero attached hydrogens (tertiary/aromatic N) is 2. The molecule has 2 atom stereocenters. The summed E-state index contributed by atoms with van der Waals surface area (Å²) in [5.74, 6) is 0.383. The smallest absolute Gasteiger partial charge is 0.225 e. The number of hydrogen-bond acceptors (Lipinski definition) is 3. The maximum absolute atomic E-state index is 12.3. The van der Waals surface area contributed by atoms with Crippen LogP contribution in [0.1, 0.15) is 32.3 Å². The zero-order valence-corrected chi connectivity index (χ0v) is 13.5. The van der Waals surface area contributed by atoms with Gasteiger partial charge in [-0.05, 0) is 11.0 Å². The van der Waals surface area contributed by atoms with Crippen LogP contribution in [0.25, 0.3) is 0 Å². The Morgan fingerprint density at radius 2 is 2.20 bits per heavy atom. The van der Waals surface area contributed by atoms with Gasteiger partial charge in [0.2, 0.25) is 5.91 Å². The van der Waals surface area contributed by atoms with Crippen LogP contribution in [-0.4, -0.2) is 35.3 Å². The van der Waals surface area contributed by atoms with E-state index in [1.54, 1.807) is 4.68 Å². The molecule has 1 aliphatic heterocycles. The minimum absolute atomic E-state index is 0. The third-order valence-electron chi connectivity index (χ3n) is 3.50. The molecule has 1 aliphatic rings. The lowest BCUT2D eigenvalue weighted by Gasteiger charge is -2.22. The summed E-state index contributed by atoms with van der Waals surface area (Å²) < 4.78 is 1.79. The maximum atomic E-state index is 12.3. The molecule has 0 aliphatic carbocycles. The first-order valence-corrected chi connectivity index (χ1v) is 6.84. The Hall–Kier alpha value is -1.07. The summed E-state index contributed by atoms with van der Waals surface area (Å²) in [6.07, 6.45) is 3.86. The van der Waals surface area contributed by atoms with E-state index in [0.29, 0.717) is 6.54 Å². The third-order valence-corrected chi connectivity index (χ3v) is 3.50. The summed E-state index contributed by atoms with van der Waals surface area (Å²) >= 11 is 0. The number of nitrogens with one attached hydrogen (secondary N) is 2. The fourth-order valence-corrected chi connectivity index (χ4v) is 2.42. The number of halogens is 1. The molecule has 0 bridgehead atoms. The molecule has 1 fully saturated rings. The summed E-state index contributed by atoms with van der Waals surface area (Å²) in [5, 5.41) is 10.6. The van der Waals surface area contributed by atoms with Crippen LogP contribution in [0.4, 0.5) is 0 Å². The normalized spacial score (nSPS) is 22.4. The molecule has 6 heteroatoms. The molecule has 1 aromatic rings. The largest absolute Gasteiger partial charge is 0.355 e. The first-order chi connectivity index (χ1) is 8.87. The van der Waals surface area contributed by atoms with Crippen molar-refractivity contribution in [2.75, 3.05) is 19.6 Å². The Balaban J connectivity index is 0.00000200. The van der Waals surface area contributed by atoms with E-state index >= 15 is 0 Å². The molecule has 0 aromatic carbocycles. The molecule has 0 unspecified atom stereocenters. The lowest BCUT2D eigenvalue weighted by Crippen LogP contribution is -2.38. The lowest BCUT2D eigenvalue weighted by molar-refractivity contribution is -0.125. The van der Waals surface area contributed by atoms with Crippen LogP contribution in [0.15, 0.2) is 12.4 Å². The number of carbonyl (C=O) groups excluding carboxylic acids is 1. The fourth-order valence-electron chi connectivity index (χ4n) is 2.42. The second kappa shape index (κ2) is 6.59. The average Bonchev–Trinajstić information content (AvgIpc) is 2.92. The Morgan fingerprint density at radius 1 is 1.50 bits per heavy atom. The molecule has 2 rings (SSSR count). The SMILES string of the molecule is Cl.Cn1cc([C@H]2CNC[C@@H]2C(=O)NCC(C)(C)C)cn1. The van der Waals surface area contributed by atoms with E-state index in [9.17, 15) is 4.79 Å². The van der Waals surface area contributed by atoms with E-state index in [2.05, 4.69) is 36.5 Å². The predicted molar refractivity (Wildman–Crippen MR) is 82.0 cm³/mol. The van der Waals surface area contributed by atoms with Gasteiger partial charge >= 0.3 is 0 Å². The third kappa shape index (κ3) is 4.21. The van der Waals surface area contributed by atoms with Crippen molar-refractivity contribution in [1.29, 1.82) is 0 Å². The molecule has 2 N–H and O–H groups in total. The van der Waals surface area contributed by atoms with Crippen molar-refractivity contribution in [3.8, 4) is 0 Å². The highest BCUT2D eigenvalue weighted by Gasteiger charge is 2.34. The number of hydrogen-bond donors (Lipinski definition) is 2. The van der Waals surface area contributed by atoms with Gasteiger partial charge in [0.15, 0.2) is 0 Å². The van der Waals surface area contributed by atoms with E-state index < -0.39 is 0 Å². The second-order valence-electron chi connectivity index (χ2n) is 6.60. The maximum Gasteiger partial charge on any atom is 0.225 e. The number of aryl methyl sites for hydroxylation is 1. The van der Waals surface area contributed by atoms with Crippen molar-refractivity contribution in [3.05, 3.63) is 18.0 Å². The number of rotatable bonds is 3. The molecule has 1 aromatic heterocycles. The standard InChI is InChI=1S/C14H24N4O.ClH/c1-14(2,3)9-16-13(19)12-7-15-6-11(12)10-5-17-18(4)8-10;/h5,8,11-12,15H,6-7,9H2,1-4H3,(H,16,19);1H/t11-,12+;/m1./s1. The van der Waals surface area contributed by atoms with Crippen LogP contribution in [0.5, 0.6) is 0 Å². The summed E-state index contributed by atoms with van der Waals surface area (Å²) in [4.78, 5) is 12.3. The topological polar surface area (TPSA) is 59.0 Å². The Bertz CT molecular complexity index is 452. The van der Waals surface area contributed by atoms with Gasteiger partial charge < -0.3 is 10.6 Å². The lowest BCUT2D eigenvalue weighted by atomic mass is 9.89. The van der Waals surface area contributed by atoms with Crippen molar-refractivity contribution >= 4 is 18.3 Å². The van der Waals surface area contributed by atoms with E-state index in [1.165, 1.54) is 0 Å². The minimum atomic E-state index is 0. The zero-order chi connectivity index (χ0) is 14.0. The average molecular weight is 301 g/mol. The predicted octanol–water partition coefficient (Wildman–Crippen LogP) is 1.31. The molecule has 114 valence electrons. The van der Waals surface area contributed by atoms with Crippen LogP contribution < -0.4 is 10.6 Å². The Labute approximate surface area is 126 Å². The number of aromatic nitrogens is 2. The summed E-state index contributed by atoms with van der Waals surface area (Å²) in [5.41, 5.74) is 1.26. The van der Waals surface area contributed by atoms with Crippen molar-refractivity contribution in [3.63, 3.8) is 0 Å². The molecule has 0 radical (unpaired) electrons. The summed E-state index contributed by atoms with van der Waals surface area (Å²) in [6, 6.07) is 0. The molecular weight excluding hydrogens is 276 g/mol. The number of carbonyl (C=O) groups is 1. The molecular formula is C14H25ClN4O. The molecule has 0 saturated carbocycles. The molecule has 0 spiro atoms. The van der Waals surface area contributed by atoms with Crippen molar-refractivity contribution in [2.45, 2.75) is 26.7 Å². The van der Waals surface area contributed by atoms with Crippen molar-refractivity contribution < 1.29 is 4.79 Å². The highest BCUT2D eigenvalue weighted by molar-refractivity contribution is 5.85. The second-order valence-corrected chi connectivity index (χ2v) is 6.60. The first-order valence-electron chi connectivity index (χ1n) is 6.84.